The number of amides is 3. The van der Waals surface area contributed by atoms with Gasteiger partial charge in [0.1, 0.15) is 0 Å². The molecule has 1 aromatic heterocycles. The highest BCUT2D eigenvalue weighted by Gasteiger charge is 2.35. The fraction of sp³-hybridized carbons (Fsp3) is 0.424. The summed E-state index contributed by atoms with van der Waals surface area (Å²) >= 11 is 1.37. The predicted octanol–water partition coefficient (Wildman–Crippen LogP) is 7.25. The number of thiophene rings is 1. The molecule has 1 aliphatic carbocycles. The number of nitrogens with one attached hydrogen (secondary N) is 2. The number of carboxylic acids is 1. The molecule has 0 saturated heterocycles. The second kappa shape index (κ2) is 14.0. The van der Waals surface area contributed by atoms with Crippen LogP contribution in [0, 0.1) is 11.3 Å². The lowest BCUT2D eigenvalue weighted by Gasteiger charge is -2.41. The van der Waals surface area contributed by atoms with Gasteiger partial charge < -0.3 is 25.7 Å². The number of rotatable bonds is 9. The number of carbonyl (C=O) groups excluding carboxylic acids is 2. The number of urea groups is 1. The molecule has 3 aromatic rings. The number of hydrogen-bond donors (Lipinski definition) is 4. The SMILES string of the molecule is CC(C)(C)C1CCC(N(Cc2ccc(C(=O)NC[C@@H](O)C(=O)O)cc2)C(=O)Nc2cc(-c3ccsc3)cc(C(F)(F)F)c2)CC1. The number of anilines is 1. The van der Waals surface area contributed by atoms with Crippen LogP contribution in [0.4, 0.5) is 23.7 Å². The lowest BCUT2D eigenvalue weighted by molar-refractivity contribution is -0.146. The fourth-order valence-electron chi connectivity index (χ4n) is 5.61. The van der Waals surface area contributed by atoms with Gasteiger partial charge in [-0.25, -0.2) is 9.59 Å². The quantitative estimate of drug-likeness (QED) is 0.196. The Kier molecular flexibility index (Phi) is 10.6. The molecule has 12 heteroatoms. The van der Waals surface area contributed by atoms with Crippen molar-refractivity contribution in [2.75, 3.05) is 11.9 Å². The first-order valence-corrected chi connectivity index (χ1v) is 15.7. The molecule has 3 amide bonds. The molecule has 1 atom stereocenters. The molecule has 1 saturated carbocycles. The summed E-state index contributed by atoms with van der Waals surface area (Å²) in [6.45, 7) is 6.29. The third-order valence-electron chi connectivity index (χ3n) is 8.30. The van der Waals surface area contributed by atoms with Crippen LogP contribution < -0.4 is 10.6 Å². The van der Waals surface area contributed by atoms with E-state index >= 15 is 0 Å². The standard InChI is InChI=1S/C33H38F3N3O5S/c1-32(2,3)24-8-10-27(11-9-24)39(18-20-4-6-21(7-5-20)29(41)37-17-28(40)30(42)43)31(44)38-26-15-23(22-12-13-45-19-22)14-25(16-26)33(34,35)36/h4-7,12-16,19,24,27-28,40H,8-11,17-18H2,1-3H3,(H,37,41)(H,38,44)(H,42,43)/t24?,27?,28-/m1/s1. The van der Waals surface area contributed by atoms with Gasteiger partial charge in [0, 0.05) is 23.8 Å². The van der Waals surface area contributed by atoms with Gasteiger partial charge in [-0.3, -0.25) is 4.79 Å². The minimum Gasteiger partial charge on any atom is -0.479 e. The Labute approximate surface area is 264 Å². The molecule has 0 aliphatic heterocycles. The Bertz CT molecular complexity index is 1480. The summed E-state index contributed by atoms with van der Waals surface area (Å²) in [6, 6.07) is 11.0. The lowest BCUT2D eigenvalue weighted by atomic mass is 9.71. The zero-order chi connectivity index (χ0) is 32.9. The van der Waals surface area contributed by atoms with E-state index in [2.05, 4.69) is 31.4 Å². The highest BCUT2D eigenvalue weighted by atomic mass is 32.1. The molecule has 45 heavy (non-hydrogen) atoms. The smallest absolute Gasteiger partial charge is 0.416 e. The highest BCUT2D eigenvalue weighted by molar-refractivity contribution is 7.08. The maximum Gasteiger partial charge on any atom is 0.416 e. The minimum absolute atomic E-state index is 0.0416. The third-order valence-corrected chi connectivity index (χ3v) is 8.98. The summed E-state index contributed by atoms with van der Waals surface area (Å²) in [7, 11) is 0. The molecule has 1 fully saturated rings. The van der Waals surface area contributed by atoms with Gasteiger partial charge >= 0.3 is 18.2 Å². The van der Waals surface area contributed by atoms with E-state index in [1.54, 1.807) is 39.9 Å². The van der Waals surface area contributed by atoms with Crippen molar-refractivity contribution in [3.8, 4) is 11.1 Å². The minimum atomic E-state index is -4.60. The maximum absolute atomic E-state index is 13.8. The summed E-state index contributed by atoms with van der Waals surface area (Å²) in [5.74, 6) is -1.54. The molecular formula is C33H38F3N3O5S. The number of aliphatic hydroxyl groups is 1. The van der Waals surface area contributed by atoms with Crippen LogP contribution in [0.1, 0.15) is 67.9 Å². The monoisotopic (exact) mass is 645 g/mol. The van der Waals surface area contributed by atoms with Crippen molar-refractivity contribution < 1.29 is 37.8 Å². The van der Waals surface area contributed by atoms with E-state index < -0.39 is 42.3 Å². The Morgan fingerprint density at radius 2 is 1.64 bits per heavy atom. The van der Waals surface area contributed by atoms with Crippen LogP contribution in [0.5, 0.6) is 0 Å². The van der Waals surface area contributed by atoms with Crippen molar-refractivity contribution in [3.05, 3.63) is 76.0 Å². The average Bonchev–Trinajstić information content (AvgIpc) is 3.53. The van der Waals surface area contributed by atoms with Crippen molar-refractivity contribution in [2.45, 2.75) is 71.3 Å². The Balaban J connectivity index is 1.56. The number of hydrogen-bond acceptors (Lipinski definition) is 5. The van der Waals surface area contributed by atoms with Gasteiger partial charge in [0.15, 0.2) is 6.10 Å². The highest BCUT2D eigenvalue weighted by Crippen LogP contribution is 2.40. The van der Waals surface area contributed by atoms with Gasteiger partial charge in [-0.05, 0) is 101 Å². The number of aliphatic carboxylic acids is 1. The second-order valence-corrected chi connectivity index (χ2v) is 13.3. The summed E-state index contributed by atoms with van der Waals surface area (Å²) in [5.41, 5.74) is 1.22. The van der Waals surface area contributed by atoms with Crippen molar-refractivity contribution in [2.24, 2.45) is 11.3 Å². The molecule has 4 rings (SSSR count). The van der Waals surface area contributed by atoms with Gasteiger partial charge in [-0.1, -0.05) is 32.9 Å². The zero-order valence-electron chi connectivity index (χ0n) is 25.4. The van der Waals surface area contributed by atoms with Crippen LogP contribution in [0.2, 0.25) is 0 Å². The number of carboxylic acid groups (broad SMARTS) is 1. The number of benzene rings is 2. The van der Waals surface area contributed by atoms with E-state index in [0.29, 0.717) is 22.6 Å². The van der Waals surface area contributed by atoms with Gasteiger partial charge in [-0.15, -0.1) is 0 Å². The predicted molar refractivity (Wildman–Crippen MR) is 167 cm³/mol. The van der Waals surface area contributed by atoms with Crippen molar-refractivity contribution in [1.82, 2.24) is 10.2 Å². The van der Waals surface area contributed by atoms with Gasteiger partial charge in [0.05, 0.1) is 12.1 Å². The topological polar surface area (TPSA) is 119 Å². The Morgan fingerprint density at radius 1 is 0.978 bits per heavy atom. The van der Waals surface area contributed by atoms with Gasteiger partial charge in [0.25, 0.3) is 5.91 Å². The van der Waals surface area contributed by atoms with Crippen LogP contribution in [0.25, 0.3) is 11.1 Å². The summed E-state index contributed by atoms with van der Waals surface area (Å²) in [6.07, 6.45) is -3.03. The lowest BCUT2D eigenvalue weighted by Crippen LogP contribution is -2.45. The van der Waals surface area contributed by atoms with E-state index in [0.717, 1.165) is 37.8 Å². The molecule has 0 spiro atoms. The average molecular weight is 646 g/mol. The molecule has 242 valence electrons. The molecule has 4 N–H and O–H groups in total. The second-order valence-electron chi connectivity index (χ2n) is 12.5. The zero-order valence-corrected chi connectivity index (χ0v) is 26.2. The van der Waals surface area contributed by atoms with Gasteiger partial charge in [-0.2, -0.15) is 24.5 Å². The molecular weight excluding hydrogens is 607 g/mol. The number of carbonyl (C=O) groups is 3. The first-order chi connectivity index (χ1) is 21.1. The van der Waals surface area contributed by atoms with Crippen LogP contribution in [0.3, 0.4) is 0 Å². The molecule has 0 unspecified atom stereocenters. The Morgan fingerprint density at radius 3 is 2.20 bits per heavy atom. The molecule has 2 aromatic carbocycles. The van der Waals surface area contributed by atoms with E-state index in [-0.39, 0.29) is 29.3 Å². The van der Waals surface area contributed by atoms with E-state index in [9.17, 15) is 32.7 Å². The number of halogens is 3. The van der Waals surface area contributed by atoms with E-state index in [1.165, 1.54) is 23.5 Å². The third kappa shape index (κ3) is 9.07. The van der Waals surface area contributed by atoms with E-state index in [4.69, 9.17) is 5.11 Å². The normalized spacial score (nSPS) is 17.8. The van der Waals surface area contributed by atoms with Crippen LogP contribution >= 0.6 is 11.3 Å². The molecule has 8 nitrogen and oxygen atoms in total. The Hall–Kier alpha value is -3.90. The molecule has 0 bridgehead atoms. The van der Waals surface area contributed by atoms with Crippen LogP contribution in [-0.4, -0.2) is 51.7 Å². The maximum atomic E-state index is 13.8. The van der Waals surface area contributed by atoms with Gasteiger partial charge in [0.2, 0.25) is 0 Å². The largest absolute Gasteiger partial charge is 0.479 e. The van der Waals surface area contributed by atoms with Crippen molar-refractivity contribution in [1.29, 1.82) is 0 Å². The van der Waals surface area contributed by atoms with Crippen LogP contribution in [0.15, 0.2) is 59.3 Å². The van der Waals surface area contributed by atoms with Crippen molar-refractivity contribution >= 4 is 34.9 Å². The number of alkyl halides is 3. The first kappa shape index (κ1) is 34.0. The fourth-order valence-corrected chi connectivity index (χ4v) is 6.28. The number of aliphatic hydroxyl groups excluding tert-OH is 1. The van der Waals surface area contributed by atoms with E-state index in [1.807, 2.05) is 0 Å². The van der Waals surface area contributed by atoms with Crippen molar-refractivity contribution in [3.63, 3.8) is 0 Å². The van der Waals surface area contributed by atoms with Crippen LogP contribution in [-0.2, 0) is 17.5 Å². The molecule has 1 aliphatic rings. The summed E-state index contributed by atoms with van der Waals surface area (Å²) < 4.78 is 41.5. The molecule has 0 radical (unpaired) electrons. The number of nitrogens with zero attached hydrogens (tertiary/aromatic N) is 1. The first-order valence-electron chi connectivity index (χ1n) is 14.7. The summed E-state index contributed by atoms with van der Waals surface area (Å²) in [5, 5.41) is 26.8. The summed E-state index contributed by atoms with van der Waals surface area (Å²) in [4.78, 5) is 38.7. The molecule has 1 heterocycles.